The van der Waals surface area contributed by atoms with E-state index >= 15 is 0 Å². The normalized spacial score (nSPS) is 19.5. The van der Waals surface area contributed by atoms with Gasteiger partial charge >= 0.3 is 24.3 Å². The number of ether oxygens (including phenoxy) is 1. The van der Waals surface area contributed by atoms with Crippen molar-refractivity contribution in [1.82, 2.24) is 4.90 Å². The predicted octanol–water partition coefficient (Wildman–Crippen LogP) is 5.88. The molecule has 2 aliphatic rings. The van der Waals surface area contributed by atoms with Crippen LogP contribution in [-0.4, -0.2) is 40.7 Å². The Kier molecular flexibility index (Phi) is 7.89. The first-order valence-electron chi connectivity index (χ1n) is 12.1. The van der Waals surface area contributed by atoms with Crippen LogP contribution < -0.4 is 10.6 Å². The van der Waals surface area contributed by atoms with Crippen LogP contribution in [0.2, 0.25) is 0 Å². The molecule has 0 bridgehead atoms. The lowest BCUT2D eigenvalue weighted by molar-refractivity contribution is -0.139. The van der Waals surface area contributed by atoms with Crippen LogP contribution in [0.4, 0.5) is 34.1 Å². The van der Waals surface area contributed by atoms with Crippen molar-refractivity contribution in [1.29, 1.82) is 0 Å². The summed E-state index contributed by atoms with van der Waals surface area (Å²) >= 11 is 0. The number of carbonyl (C=O) groups excluding carboxylic acids is 2. The standard InChI is InChI=1S/C26H28F3N3O5/c27-26(28,29)19-2-1-3-20(14-19)30-24(35)31-21-7-6-18-15-32(11-10-17(18)13-21)25(36)37-22-8-4-16(5-9-22)12-23(33)34/h1-3,6-7,13-14,16,22H,4-5,8-12,15H2,(H,33,34)(H2,30,31,35). The summed E-state index contributed by atoms with van der Waals surface area (Å²) < 4.78 is 44.3. The molecular formula is C26H28F3N3O5. The number of hydrogen-bond donors (Lipinski definition) is 3. The molecule has 1 heterocycles. The Hall–Kier alpha value is -3.76. The van der Waals surface area contributed by atoms with Gasteiger partial charge in [-0.15, -0.1) is 0 Å². The van der Waals surface area contributed by atoms with E-state index < -0.39 is 29.8 Å². The Morgan fingerprint density at radius 2 is 1.68 bits per heavy atom. The van der Waals surface area contributed by atoms with Gasteiger partial charge in [0, 0.05) is 30.9 Å². The number of carbonyl (C=O) groups is 3. The molecule has 0 saturated heterocycles. The number of fused-ring (bicyclic) bond motifs is 1. The second-order valence-electron chi connectivity index (χ2n) is 9.44. The molecule has 0 atom stereocenters. The summed E-state index contributed by atoms with van der Waals surface area (Å²) in [6, 6.07) is 8.97. The van der Waals surface area contributed by atoms with Gasteiger partial charge in [-0.3, -0.25) is 4.79 Å². The zero-order valence-electron chi connectivity index (χ0n) is 20.0. The Bertz CT molecular complexity index is 1160. The van der Waals surface area contributed by atoms with Crippen molar-refractivity contribution in [3.8, 4) is 0 Å². The summed E-state index contributed by atoms with van der Waals surface area (Å²) in [7, 11) is 0. The highest BCUT2D eigenvalue weighted by Gasteiger charge is 2.31. The van der Waals surface area contributed by atoms with Gasteiger partial charge in [-0.25, -0.2) is 9.59 Å². The summed E-state index contributed by atoms with van der Waals surface area (Å²) in [5.74, 6) is -0.675. The first-order chi connectivity index (χ1) is 17.6. The molecule has 1 aliphatic carbocycles. The third-order valence-corrected chi connectivity index (χ3v) is 6.71. The molecule has 1 aliphatic heterocycles. The maximum absolute atomic E-state index is 12.9. The van der Waals surface area contributed by atoms with Crippen LogP contribution >= 0.6 is 0 Å². The lowest BCUT2D eigenvalue weighted by Crippen LogP contribution is -2.39. The van der Waals surface area contributed by atoms with Crippen molar-refractivity contribution in [2.75, 3.05) is 17.2 Å². The Morgan fingerprint density at radius 1 is 0.973 bits per heavy atom. The van der Waals surface area contributed by atoms with Gasteiger partial charge in [-0.1, -0.05) is 12.1 Å². The third-order valence-electron chi connectivity index (χ3n) is 6.71. The van der Waals surface area contributed by atoms with Gasteiger partial charge < -0.3 is 25.4 Å². The van der Waals surface area contributed by atoms with E-state index in [1.807, 2.05) is 0 Å². The van der Waals surface area contributed by atoms with Crippen LogP contribution in [0, 0.1) is 5.92 Å². The molecule has 0 spiro atoms. The van der Waals surface area contributed by atoms with Gasteiger partial charge in [-0.05, 0) is 79.5 Å². The van der Waals surface area contributed by atoms with Crippen molar-refractivity contribution in [2.45, 2.75) is 57.3 Å². The van der Waals surface area contributed by atoms with Gasteiger partial charge in [0.15, 0.2) is 0 Å². The number of halogens is 3. The van der Waals surface area contributed by atoms with Crippen LogP contribution in [0.3, 0.4) is 0 Å². The number of nitrogens with zero attached hydrogens (tertiary/aromatic N) is 1. The minimum Gasteiger partial charge on any atom is -0.481 e. The second kappa shape index (κ2) is 11.1. The summed E-state index contributed by atoms with van der Waals surface area (Å²) in [5.41, 5.74) is 1.52. The Labute approximate surface area is 211 Å². The van der Waals surface area contributed by atoms with Crippen molar-refractivity contribution in [3.63, 3.8) is 0 Å². The van der Waals surface area contributed by atoms with Crippen LogP contribution in [0.5, 0.6) is 0 Å². The zero-order valence-corrected chi connectivity index (χ0v) is 20.0. The van der Waals surface area contributed by atoms with Crippen LogP contribution in [0.25, 0.3) is 0 Å². The summed E-state index contributed by atoms with van der Waals surface area (Å²) in [4.78, 5) is 37.5. The minimum absolute atomic E-state index is 0.0230. The molecule has 0 aromatic heterocycles. The molecule has 0 radical (unpaired) electrons. The molecule has 2 aromatic carbocycles. The van der Waals surface area contributed by atoms with Crippen LogP contribution in [0.15, 0.2) is 42.5 Å². The molecule has 0 unspecified atom stereocenters. The highest BCUT2D eigenvalue weighted by molar-refractivity contribution is 5.99. The molecule has 3 N–H and O–H groups in total. The first kappa shape index (κ1) is 26.3. The molecule has 1 fully saturated rings. The first-order valence-corrected chi connectivity index (χ1v) is 12.1. The predicted molar refractivity (Wildman–Crippen MR) is 129 cm³/mol. The van der Waals surface area contributed by atoms with Gasteiger partial charge in [-0.2, -0.15) is 13.2 Å². The number of anilines is 2. The van der Waals surface area contributed by atoms with E-state index in [9.17, 15) is 27.6 Å². The zero-order chi connectivity index (χ0) is 26.6. The fourth-order valence-electron chi connectivity index (χ4n) is 4.77. The highest BCUT2D eigenvalue weighted by atomic mass is 19.4. The van der Waals surface area contributed by atoms with Crippen molar-refractivity contribution in [2.24, 2.45) is 5.92 Å². The minimum atomic E-state index is -4.51. The lowest BCUT2D eigenvalue weighted by atomic mass is 9.85. The monoisotopic (exact) mass is 519 g/mol. The maximum atomic E-state index is 12.9. The quantitative estimate of drug-likeness (QED) is 0.457. The number of alkyl halides is 3. The fourth-order valence-corrected chi connectivity index (χ4v) is 4.77. The molecule has 3 amide bonds. The largest absolute Gasteiger partial charge is 0.481 e. The number of carboxylic acid groups (broad SMARTS) is 1. The van der Waals surface area contributed by atoms with Gasteiger partial charge in [0.05, 0.1) is 5.56 Å². The van der Waals surface area contributed by atoms with E-state index in [1.54, 1.807) is 23.1 Å². The molecule has 198 valence electrons. The van der Waals surface area contributed by atoms with Crippen molar-refractivity contribution >= 4 is 29.5 Å². The van der Waals surface area contributed by atoms with Crippen molar-refractivity contribution < 1.29 is 37.4 Å². The molecule has 37 heavy (non-hydrogen) atoms. The van der Waals surface area contributed by atoms with E-state index in [4.69, 9.17) is 9.84 Å². The number of rotatable bonds is 5. The lowest BCUT2D eigenvalue weighted by Gasteiger charge is -2.32. The summed E-state index contributed by atoms with van der Waals surface area (Å²) in [6.07, 6.45) is -1.63. The number of amides is 3. The smallest absolute Gasteiger partial charge is 0.416 e. The highest BCUT2D eigenvalue weighted by Crippen LogP contribution is 2.31. The number of carboxylic acids is 1. The molecule has 11 heteroatoms. The average molecular weight is 520 g/mol. The number of hydrogen-bond acceptors (Lipinski definition) is 4. The topological polar surface area (TPSA) is 108 Å². The van der Waals surface area contributed by atoms with E-state index in [0.717, 1.165) is 36.1 Å². The van der Waals surface area contributed by atoms with E-state index in [1.165, 1.54) is 12.1 Å². The SMILES string of the molecule is O=C(O)CC1CCC(OC(=O)N2CCc3cc(NC(=O)Nc4cccc(C(F)(F)F)c4)ccc3C2)CC1. The molecule has 2 aromatic rings. The van der Waals surface area contributed by atoms with Crippen LogP contribution in [0.1, 0.15) is 48.8 Å². The number of aliphatic carboxylic acids is 1. The summed E-state index contributed by atoms with van der Waals surface area (Å²) in [5, 5.41) is 14.0. The van der Waals surface area contributed by atoms with Crippen molar-refractivity contribution in [3.05, 3.63) is 59.2 Å². The molecular weight excluding hydrogens is 491 g/mol. The Balaban J connectivity index is 1.28. The Morgan fingerprint density at radius 3 is 2.35 bits per heavy atom. The van der Waals surface area contributed by atoms with Gasteiger partial charge in [0.2, 0.25) is 0 Å². The fraction of sp³-hybridized carbons (Fsp3) is 0.423. The maximum Gasteiger partial charge on any atom is 0.416 e. The van der Waals surface area contributed by atoms with E-state index in [-0.39, 0.29) is 24.1 Å². The number of urea groups is 1. The second-order valence-corrected chi connectivity index (χ2v) is 9.44. The number of benzene rings is 2. The molecule has 8 nitrogen and oxygen atoms in total. The van der Waals surface area contributed by atoms with E-state index in [0.29, 0.717) is 38.0 Å². The average Bonchev–Trinajstić information content (AvgIpc) is 2.84. The third kappa shape index (κ3) is 7.14. The molecule has 4 rings (SSSR count). The van der Waals surface area contributed by atoms with Crippen LogP contribution in [-0.2, 0) is 28.7 Å². The van der Waals surface area contributed by atoms with Gasteiger partial charge in [0.1, 0.15) is 6.10 Å². The molecule has 1 saturated carbocycles. The number of nitrogens with one attached hydrogen (secondary N) is 2. The van der Waals surface area contributed by atoms with E-state index in [2.05, 4.69) is 10.6 Å². The summed E-state index contributed by atoms with van der Waals surface area (Å²) in [6.45, 7) is 0.805. The van der Waals surface area contributed by atoms with Gasteiger partial charge in [0.25, 0.3) is 0 Å².